The maximum Gasteiger partial charge on any atom is 0.534 e. The number of allylic oxidation sites excluding steroid dienone is 1. The number of hydrogen-bond acceptors (Lipinski definition) is 4. The number of halogens is 3. The number of benzene rings is 1. The van der Waals surface area contributed by atoms with Gasteiger partial charge in [-0.15, -0.1) is 0 Å². The Labute approximate surface area is 126 Å². The second-order valence-corrected chi connectivity index (χ2v) is 6.48. The van der Waals surface area contributed by atoms with Crippen LogP contribution in [0, 0.1) is 0 Å². The summed E-state index contributed by atoms with van der Waals surface area (Å²) in [6.07, 6.45) is 4.01. The van der Waals surface area contributed by atoms with E-state index in [1.54, 1.807) is 0 Å². The Bertz CT molecular complexity index is 678. The van der Waals surface area contributed by atoms with Gasteiger partial charge in [0.1, 0.15) is 11.5 Å². The first kappa shape index (κ1) is 16.7. The molecule has 2 rings (SSSR count). The minimum atomic E-state index is -5.66. The zero-order valence-electron chi connectivity index (χ0n) is 11.8. The van der Waals surface area contributed by atoms with Crippen LogP contribution in [0.15, 0.2) is 29.8 Å². The van der Waals surface area contributed by atoms with Gasteiger partial charge in [0.25, 0.3) is 0 Å². The quantitative estimate of drug-likeness (QED) is 0.471. The summed E-state index contributed by atoms with van der Waals surface area (Å²) in [6, 6.07) is 3.85. The molecule has 0 amide bonds. The van der Waals surface area contributed by atoms with Gasteiger partial charge >= 0.3 is 15.6 Å². The molecule has 1 aliphatic rings. The molecule has 1 aliphatic heterocycles. The molecule has 0 aromatic heterocycles. The Morgan fingerprint density at radius 1 is 1.23 bits per heavy atom. The van der Waals surface area contributed by atoms with Crippen LogP contribution in [-0.4, -0.2) is 20.5 Å². The molecule has 0 spiro atoms. The molecule has 0 fully saturated rings. The molecule has 0 unspecified atom stereocenters. The molecule has 122 valence electrons. The molecular formula is C14H15F3O4S. The van der Waals surface area contributed by atoms with E-state index in [1.807, 2.05) is 13.0 Å². The van der Waals surface area contributed by atoms with E-state index < -0.39 is 15.6 Å². The average molecular weight is 336 g/mol. The highest BCUT2D eigenvalue weighted by atomic mass is 32.2. The topological polar surface area (TPSA) is 52.6 Å². The van der Waals surface area contributed by atoms with Crippen molar-refractivity contribution in [1.29, 1.82) is 0 Å². The van der Waals surface area contributed by atoms with Gasteiger partial charge in [0.15, 0.2) is 0 Å². The van der Waals surface area contributed by atoms with Crippen molar-refractivity contribution < 1.29 is 30.5 Å². The number of hydrogen-bond donors (Lipinski definition) is 0. The molecule has 0 saturated carbocycles. The fourth-order valence-corrected chi connectivity index (χ4v) is 2.47. The van der Waals surface area contributed by atoms with Crippen LogP contribution in [0.2, 0.25) is 0 Å². The molecule has 4 nitrogen and oxygen atoms in total. The number of alkyl halides is 3. The van der Waals surface area contributed by atoms with Crippen molar-refractivity contribution in [2.45, 2.75) is 31.7 Å². The maximum atomic E-state index is 12.3. The van der Waals surface area contributed by atoms with E-state index in [4.69, 9.17) is 4.74 Å². The summed E-state index contributed by atoms with van der Waals surface area (Å²) in [7, 11) is -5.66. The van der Waals surface area contributed by atoms with Gasteiger partial charge in [0, 0.05) is 6.42 Å². The molecule has 0 bridgehead atoms. The predicted octanol–water partition coefficient (Wildman–Crippen LogP) is 3.58. The fourth-order valence-electron chi connectivity index (χ4n) is 2.02. The highest BCUT2D eigenvalue weighted by Crippen LogP contribution is 2.31. The van der Waals surface area contributed by atoms with Gasteiger partial charge in [-0.2, -0.15) is 21.6 Å². The van der Waals surface area contributed by atoms with Crippen LogP contribution in [-0.2, 0) is 16.5 Å². The second kappa shape index (κ2) is 6.20. The summed E-state index contributed by atoms with van der Waals surface area (Å²) in [5.41, 5.74) is -3.67. The number of rotatable bonds is 2. The lowest BCUT2D eigenvalue weighted by Crippen LogP contribution is -2.28. The SMILES string of the molecule is C/C1=C/CCc2cc(OS(=O)(=O)C(F)(F)F)ccc2OCC1. The fraction of sp³-hybridized carbons (Fsp3) is 0.429. The lowest BCUT2D eigenvalue weighted by molar-refractivity contribution is -0.0500. The second-order valence-electron chi connectivity index (χ2n) is 4.94. The third kappa shape index (κ3) is 3.94. The molecule has 0 N–H and O–H groups in total. The van der Waals surface area contributed by atoms with E-state index >= 15 is 0 Å². The van der Waals surface area contributed by atoms with E-state index in [9.17, 15) is 21.6 Å². The van der Waals surface area contributed by atoms with Gasteiger partial charge in [-0.3, -0.25) is 0 Å². The first-order valence-electron chi connectivity index (χ1n) is 6.61. The summed E-state index contributed by atoms with van der Waals surface area (Å²) in [6.45, 7) is 2.43. The van der Waals surface area contributed by atoms with E-state index in [-0.39, 0.29) is 5.75 Å². The molecule has 1 heterocycles. The Balaban J connectivity index is 2.25. The standard InChI is InChI=1S/C14H15F3O4S/c1-10-3-2-4-11-9-12(5-6-13(11)20-8-7-10)21-22(18,19)14(15,16)17/h3,5-6,9H,2,4,7-8H2,1H3/b10-3-. The van der Waals surface area contributed by atoms with Gasteiger partial charge in [0.2, 0.25) is 0 Å². The first-order valence-corrected chi connectivity index (χ1v) is 8.02. The smallest absolute Gasteiger partial charge is 0.493 e. The van der Waals surface area contributed by atoms with E-state index in [0.717, 1.165) is 12.5 Å². The Morgan fingerprint density at radius 2 is 1.95 bits per heavy atom. The van der Waals surface area contributed by atoms with Crippen LogP contribution in [0.4, 0.5) is 13.2 Å². The lowest BCUT2D eigenvalue weighted by Gasteiger charge is -2.13. The summed E-state index contributed by atoms with van der Waals surface area (Å²) in [5, 5.41) is 0. The minimum Gasteiger partial charge on any atom is -0.493 e. The van der Waals surface area contributed by atoms with Gasteiger partial charge in [-0.25, -0.2) is 0 Å². The van der Waals surface area contributed by atoms with Crippen molar-refractivity contribution in [2.24, 2.45) is 0 Å². The van der Waals surface area contributed by atoms with Crippen LogP contribution in [0.1, 0.15) is 25.3 Å². The third-order valence-corrected chi connectivity index (χ3v) is 4.16. The van der Waals surface area contributed by atoms with Crippen LogP contribution in [0.25, 0.3) is 0 Å². The van der Waals surface area contributed by atoms with Crippen molar-refractivity contribution in [1.82, 2.24) is 0 Å². The predicted molar refractivity (Wildman–Crippen MR) is 74.2 cm³/mol. The van der Waals surface area contributed by atoms with Crippen LogP contribution < -0.4 is 8.92 Å². The minimum absolute atomic E-state index is 0.375. The van der Waals surface area contributed by atoms with Gasteiger partial charge in [0.05, 0.1) is 6.61 Å². The van der Waals surface area contributed by atoms with Crippen LogP contribution in [0.5, 0.6) is 11.5 Å². The zero-order valence-corrected chi connectivity index (χ0v) is 12.6. The summed E-state index contributed by atoms with van der Waals surface area (Å²) >= 11 is 0. The normalized spacial score (nSPS) is 18.8. The third-order valence-electron chi connectivity index (χ3n) is 3.18. The van der Waals surface area contributed by atoms with Crippen molar-refractivity contribution in [2.75, 3.05) is 6.61 Å². The van der Waals surface area contributed by atoms with Gasteiger partial charge in [-0.05, 0) is 43.5 Å². The van der Waals surface area contributed by atoms with Crippen molar-refractivity contribution in [3.8, 4) is 11.5 Å². The highest BCUT2D eigenvalue weighted by molar-refractivity contribution is 7.88. The van der Waals surface area contributed by atoms with Crippen molar-refractivity contribution >= 4 is 10.1 Å². The molecular weight excluding hydrogens is 321 g/mol. The molecule has 8 heteroatoms. The van der Waals surface area contributed by atoms with Gasteiger partial charge < -0.3 is 8.92 Å². The number of fused-ring (bicyclic) bond motifs is 1. The monoisotopic (exact) mass is 336 g/mol. The maximum absolute atomic E-state index is 12.3. The highest BCUT2D eigenvalue weighted by Gasteiger charge is 2.48. The molecule has 0 saturated heterocycles. The Morgan fingerprint density at radius 3 is 2.64 bits per heavy atom. The van der Waals surface area contributed by atoms with Crippen LogP contribution >= 0.6 is 0 Å². The summed E-state index contributed by atoms with van der Waals surface area (Å²) < 4.78 is 68.7. The molecule has 0 atom stereocenters. The van der Waals surface area contributed by atoms with Gasteiger partial charge in [-0.1, -0.05) is 11.6 Å². The van der Waals surface area contributed by atoms with E-state index in [0.29, 0.717) is 30.8 Å². The summed E-state index contributed by atoms with van der Waals surface area (Å²) in [4.78, 5) is 0. The van der Waals surface area contributed by atoms with E-state index in [1.165, 1.54) is 17.7 Å². The van der Waals surface area contributed by atoms with E-state index in [2.05, 4.69) is 4.18 Å². The molecule has 1 aromatic carbocycles. The van der Waals surface area contributed by atoms with Crippen molar-refractivity contribution in [3.05, 3.63) is 35.4 Å². The first-order chi connectivity index (χ1) is 10.2. The Hall–Kier alpha value is -1.70. The largest absolute Gasteiger partial charge is 0.534 e. The number of aryl methyl sites for hydroxylation is 1. The Kier molecular flexibility index (Phi) is 4.69. The van der Waals surface area contributed by atoms with Crippen molar-refractivity contribution in [3.63, 3.8) is 0 Å². The average Bonchev–Trinajstić information content (AvgIpc) is 2.47. The number of ether oxygens (including phenoxy) is 1. The molecule has 0 aliphatic carbocycles. The molecule has 1 aromatic rings. The van der Waals surface area contributed by atoms with Crippen LogP contribution in [0.3, 0.4) is 0 Å². The zero-order chi connectivity index (χ0) is 16.4. The molecule has 22 heavy (non-hydrogen) atoms. The lowest BCUT2D eigenvalue weighted by atomic mass is 10.1. The molecule has 0 radical (unpaired) electrons. The summed E-state index contributed by atoms with van der Waals surface area (Å²) in [5.74, 6) is 0.152.